The fraction of sp³-hybridized carbons (Fsp3) is 0.182. The zero-order valence-electron chi connectivity index (χ0n) is 8.58. The van der Waals surface area contributed by atoms with Crippen LogP contribution >= 0.6 is 11.8 Å². The van der Waals surface area contributed by atoms with Gasteiger partial charge in [-0.3, -0.25) is 4.99 Å². The van der Waals surface area contributed by atoms with Gasteiger partial charge in [0.25, 0.3) is 0 Å². The highest BCUT2D eigenvalue weighted by Crippen LogP contribution is 2.29. The molecule has 0 unspecified atom stereocenters. The molecule has 0 aliphatic rings. The van der Waals surface area contributed by atoms with Crippen molar-refractivity contribution < 1.29 is 13.2 Å². The Morgan fingerprint density at radius 3 is 2.25 bits per heavy atom. The van der Waals surface area contributed by atoms with Gasteiger partial charge in [-0.05, 0) is 17.5 Å². The SMILES string of the molecule is C=CSC(=NC)c1ccc(C(F)(F)F)cc1. The molecule has 0 aromatic heterocycles. The van der Waals surface area contributed by atoms with E-state index in [1.807, 2.05) is 0 Å². The van der Waals surface area contributed by atoms with Crippen LogP contribution in [0.5, 0.6) is 0 Å². The molecule has 1 nitrogen and oxygen atoms in total. The summed E-state index contributed by atoms with van der Waals surface area (Å²) in [5, 5.41) is 2.23. The van der Waals surface area contributed by atoms with Crippen LogP contribution in [-0.2, 0) is 6.18 Å². The minimum Gasteiger partial charge on any atom is -0.281 e. The number of halogens is 3. The van der Waals surface area contributed by atoms with Crippen molar-refractivity contribution in [3.05, 3.63) is 47.4 Å². The van der Waals surface area contributed by atoms with Crippen LogP contribution < -0.4 is 0 Å². The lowest BCUT2D eigenvalue weighted by Gasteiger charge is -2.07. The molecule has 1 rings (SSSR count). The summed E-state index contributed by atoms with van der Waals surface area (Å²) in [6, 6.07) is 4.90. The Kier molecular flexibility index (Phi) is 4.18. The minimum atomic E-state index is -4.30. The van der Waals surface area contributed by atoms with E-state index in [0.717, 1.165) is 12.1 Å². The summed E-state index contributed by atoms with van der Waals surface area (Å²) in [6.45, 7) is 3.53. The van der Waals surface area contributed by atoms with Crippen molar-refractivity contribution in [2.24, 2.45) is 4.99 Å². The van der Waals surface area contributed by atoms with E-state index >= 15 is 0 Å². The minimum absolute atomic E-state index is 0.642. The molecular formula is C11H10F3NS. The quantitative estimate of drug-likeness (QED) is 0.567. The van der Waals surface area contributed by atoms with E-state index in [9.17, 15) is 13.2 Å². The van der Waals surface area contributed by atoms with Crippen molar-refractivity contribution in [1.29, 1.82) is 0 Å². The largest absolute Gasteiger partial charge is 0.416 e. The Balaban J connectivity index is 2.99. The monoisotopic (exact) mass is 245 g/mol. The van der Waals surface area contributed by atoms with Crippen LogP contribution in [0.15, 0.2) is 41.2 Å². The maximum Gasteiger partial charge on any atom is 0.416 e. The molecule has 5 heteroatoms. The highest BCUT2D eigenvalue weighted by atomic mass is 32.2. The van der Waals surface area contributed by atoms with Gasteiger partial charge in [0, 0.05) is 12.6 Å². The number of thioether (sulfide) groups is 1. The first-order valence-corrected chi connectivity index (χ1v) is 5.29. The van der Waals surface area contributed by atoms with E-state index in [4.69, 9.17) is 0 Å². The summed E-state index contributed by atoms with van der Waals surface area (Å²) in [4.78, 5) is 3.97. The number of benzene rings is 1. The van der Waals surface area contributed by atoms with E-state index < -0.39 is 11.7 Å². The molecular weight excluding hydrogens is 235 g/mol. The second kappa shape index (κ2) is 5.21. The molecule has 0 saturated carbocycles. The molecule has 0 radical (unpaired) electrons. The van der Waals surface area contributed by atoms with Crippen molar-refractivity contribution in [1.82, 2.24) is 0 Å². The van der Waals surface area contributed by atoms with Crippen molar-refractivity contribution in [2.75, 3.05) is 7.05 Å². The van der Waals surface area contributed by atoms with Crippen LogP contribution in [-0.4, -0.2) is 12.1 Å². The fourth-order valence-electron chi connectivity index (χ4n) is 1.13. The van der Waals surface area contributed by atoms with Crippen LogP contribution in [0.3, 0.4) is 0 Å². The Labute approximate surface area is 96.1 Å². The van der Waals surface area contributed by atoms with Gasteiger partial charge in [-0.15, -0.1) is 0 Å². The van der Waals surface area contributed by atoms with Gasteiger partial charge in [-0.25, -0.2) is 0 Å². The first-order valence-electron chi connectivity index (χ1n) is 4.41. The van der Waals surface area contributed by atoms with Crippen molar-refractivity contribution in [3.63, 3.8) is 0 Å². The maximum absolute atomic E-state index is 12.3. The van der Waals surface area contributed by atoms with Crippen LogP contribution in [0, 0.1) is 0 Å². The molecule has 0 spiro atoms. The molecule has 86 valence electrons. The van der Waals surface area contributed by atoms with Gasteiger partial charge in [0.15, 0.2) is 0 Å². The average Bonchev–Trinajstić information content (AvgIpc) is 2.25. The molecule has 0 saturated heterocycles. The van der Waals surface area contributed by atoms with Gasteiger partial charge < -0.3 is 0 Å². The molecule has 0 atom stereocenters. The third-order valence-corrected chi connectivity index (χ3v) is 2.67. The fourth-order valence-corrected chi connectivity index (χ4v) is 1.67. The van der Waals surface area contributed by atoms with Gasteiger partial charge in [0.2, 0.25) is 0 Å². The first-order chi connectivity index (χ1) is 7.49. The maximum atomic E-state index is 12.3. The highest BCUT2D eigenvalue weighted by molar-refractivity contribution is 8.16. The third-order valence-electron chi connectivity index (χ3n) is 1.86. The van der Waals surface area contributed by atoms with E-state index in [1.54, 1.807) is 12.5 Å². The van der Waals surface area contributed by atoms with E-state index in [0.29, 0.717) is 10.6 Å². The standard InChI is InChI=1S/C11H10F3NS/c1-3-16-10(15-2)8-4-6-9(7-5-8)11(12,13)14/h3-7H,1H2,2H3. The second-order valence-electron chi connectivity index (χ2n) is 2.89. The van der Waals surface area contributed by atoms with E-state index in [-0.39, 0.29) is 0 Å². The summed E-state index contributed by atoms with van der Waals surface area (Å²) in [7, 11) is 1.59. The Morgan fingerprint density at radius 2 is 1.88 bits per heavy atom. The molecule has 0 bridgehead atoms. The molecule has 1 aromatic rings. The number of hydrogen-bond acceptors (Lipinski definition) is 2. The molecule has 0 heterocycles. The van der Waals surface area contributed by atoms with E-state index in [2.05, 4.69) is 11.6 Å². The normalized spacial score (nSPS) is 12.6. The lowest BCUT2D eigenvalue weighted by Crippen LogP contribution is -2.05. The van der Waals surface area contributed by atoms with Crippen molar-refractivity contribution in [2.45, 2.75) is 6.18 Å². The molecule has 0 aliphatic carbocycles. The third kappa shape index (κ3) is 3.13. The Bertz CT molecular complexity index is 393. The average molecular weight is 245 g/mol. The second-order valence-corrected chi connectivity index (χ2v) is 3.84. The van der Waals surface area contributed by atoms with Crippen LogP contribution in [0.2, 0.25) is 0 Å². The van der Waals surface area contributed by atoms with Gasteiger partial charge in [-0.1, -0.05) is 30.5 Å². The number of nitrogens with zero attached hydrogens (tertiary/aromatic N) is 1. The van der Waals surface area contributed by atoms with Crippen LogP contribution in [0.1, 0.15) is 11.1 Å². The molecule has 0 fully saturated rings. The summed E-state index contributed by atoms with van der Waals surface area (Å²) in [6.07, 6.45) is -4.30. The summed E-state index contributed by atoms with van der Waals surface area (Å²) in [5.41, 5.74) is -0.00398. The summed E-state index contributed by atoms with van der Waals surface area (Å²) >= 11 is 1.28. The summed E-state index contributed by atoms with van der Waals surface area (Å²) in [5.74, 6) is 0. The van der Waals surface area contributed by atoms with E-state index in [1.165, 1.54) is 23.9 Å². The van der Waals surface area contributed by atoms with Gasteiger partial charge >= 0.3 is 6.18 Å². The van der Waals surface area contributed by atoms with Gasteiger partial charge in [0.05, 0.1) is 5.56 Å². The van der Waals surface area contributed by atoms with Crippen LogP contribution in [0.25, 0.3) is 0 Å². The molecule has 0 N–H and O–H groups in total. The van der Waals surface area contributed by atoms with Crippen molar-refractivity contribution >= 4 is 16.8 Å². The number of rotatable bonds is 2. The van der Waals surface area contributed by atoms with Crippen LogP contribution in [0.4, 0.5) is 13.2 Å². The topological polar surface area (TPSA) is 12.4 Å². The first kappa shape index (κ1) is 12.8. The number of hydrogen-bond donors (Lipinski definition) is 0. The predicted molar refractivity (Wildman–Crippen MR) is 61.7 cm³/mol. The van der Waals surface area contributed by atoms with Gasteiger partial charge in [0.1, 0.15) is 5.04 Å². The number of aliphatic imine (C=N–C) groups is 1. The Morgan fingerprint density at radius 1 is 1.31 bits per heavy atom. The smallest absolute Gasteiger partial charge is 0.281 e. The molecule has 0 amide bonds. The van der Waals surface area contributed by atoms with Crippen molar-refractivity contribution in [3.8, 4) is 0 Å². The molecule has 16 heavy (non-hydrogen) atoms. The Hall–Kier alpha value is -1.23. The number of alkyl halides is 3. The zero-order valence-corrected chi connectivity index (χ0v) is 9.40. The lowest BCUT2D eigenvalue weighted by molar-refractivity contribution is -0.137. The highest BCUT2D eigenvalue weighted by Gasteiger charge is 2.30. The lowest BCUT2D eigenvalue weighted by atomic mass is 10.1. The molecule has 1 aromatic carbocycles. The predicted octanol–water partition coefficient (Wildman–Crippen LogP) is 3.96. The zero-order chi connectivity index (χ0) is 12.2. The van der Waals surface area contributed by atoms with Gasteiger partial charge in [-0.2, -0.15) is 13.2 Å². The summed E-state index contributed by atoms with van der Waals surface area (Å²) < 4.78 is 36.9. The molecule has 0 aliphatic heterocycles.